The van der Waals surface area contributed by atoms with E-state index in [1.165, 1.54) is 16.5 Å². The number of fused-ring (bicyclic) bond motifs is 1. The van der Waals surface area contributed by atoms with Crippen LogP contribution in [0.2, 0.25) is 0 Å². The van der Waals surface area contributed by atoms with Gasteiger partial charge in [-0.15, -0.1) is 0 Å². The molecular formula is C15H17NO. The molecule has 0 radical (unpaired) electrons. The van der Waals surface area contributed by atoms with E-state index in [0.29, 0.717) is 0 Å². The molecule has 17 heavy (non-hydrogen) atoms. The van der Waals surface area contributed by atoms with Crippen molar-refractivity contribution in [1.29, 1.82) is 0 Å². The normalized spacial score (nSPS) is 20.8. The molecule has 2 heteroatoms. The molecule has 0 aromatic heterocycles. The first-order valence-corrected chi connectivity index (χ1v) is 6.25. The first-order valence-electron chi connectivity index (χ1n) is 6.25. The maximum atomic E-state index is 9.71. The molecule has 1 fully saturated rings. The highest BCUT2D eigenvalue weighted by atomic mass is 16.3. The molecule has 2 nitrogen and oxygen atoms in total. The lowest BCUT2D eigenvalue weighted by Crippen LogP contribution is -2.38. The van der Waals surface area contributed by atoms with Gasteiger partial charge in [-0.1, -0.05) is 30.3 Å². The summed E-state index contributed by atoms with van der Waals surface area (Å²) >= 11 is 0. The highest BCUT2D eigenvalue weighted by molar-refractivity contribution is 5.85. The van der Waals surface area contributed by atoms with Crippen LogP contribution in [0.15, 0.2) is 42.5 Å². The summed E-state index contributed by atoms with van der Waals surface area (Å²) in [5.74, 6) is 0. The third kappa shape index (κ3) is 2.13. The van der Waals surface area contributed by atoms with Crippen molar-refractivity contribution < 1.29 is 5.11 Å². The van der Waals surface area contributed by atoms with Crippen LogP contribution >= 0.6 is 0 Å². The summed E-state index contributed by atoms with van der Waals surface area (Å²) in [5, 5.41) is 12.3. The number of benzene rings is 2. The van der Waals surface area contributed by atoms with Crippen molar-refractivity contribution in [2.45, 2.75) is 18.9 Å². The van der Waals surface area contributed by atoms with E-state index in [4.69, 9.17) is 0 Å². The molecule has 3 rings (SSSR count). The van der Waals surface area contributed by atoms with Crippen molar-refractivity contribution in [2.75, 3.05) is 18.0 Å². The van der Waals surface area contributed by atoms with Gasteiger partial charge in [0.15, 0.2) is 0 Å². The first kappa shape index (κ1) is 10.6. The molecule has 1 heterocycles. The molecule has 1 aliphatic rings. The van der Waals surface area contributed by atoms with E-state index in [-0.39, 0.29) is 6.10 Å². The van der Waals surface area contributed by atoms with Crippen LogP contribution < -0.4 is 4.90 Å². The number of hydrogen-bond acceptors (Lipinski definition) is 2. The Hall–Kier alpha value is -1.54. The lowest BCUT2D eigenvalue weighted by atomic mass is 10.1. The minimum atomic E-state index is -0.171. The molecule has 2 aromatic rings. The number of rotatable bonds is 1. The molecule has 1 atom stereocenters. The van der Waals surface area contributed by atoms with E-state index in [0.717, 1.165) is 25.9 Å². The van der Waals surface area contributed by atoms with Crippen LogP contribution in [0.3, 0.4) is 0 Å². The Balaban J connectivity index is 1.94. The van der Waals surface area contributed by atoms with Gasteiger partial charge in [0.2, 0.25) is 0 Å². The second-order valence-electron chi connectivity index (χ2n) is 4.77. The molecule has 88 valence electrons. The molecule has 2 aromatic carbocycles. The number of piperidine rings is 1. The molecule has 0 bridgehead atoms. The zero-order valence-electron chi connectivity index (χ0n) is 9.84. The molecule has 0 spiro atoms. The van der Waals surface area contributed by atoms with Gasteiger partial charge in [-0.25, -0.2) is 0 Å². The van der Waals surface area contributed by atoms with E-state index >= 15 is 0 Å². The van der Waals surface area contributed by atoms with E-state index in [9.17, 15) is 5.11 Å². The minimum absolute atomic E-state index is 0.171. The SMILES string of the molecule is OC1CCCN(c2ccc3ccccc3c2)C1. The third-order valence-corrected chi connectivity index (χ3v) is 3.49. The van der Waals surface area contributed by atoms with Gasteiger partial charge in [0.05, 0.1) is 6.10 Å². The van der Waals surface area contributed by atoms with Crippen molar-refractivity contribution >= 4 is 16.5 Å². The molecule has 1 unspecified atom stereocenters. The second-order valence-corrected chi connectivity index (χ2v) is 4.77. The van der Waals surface area contributed by atoms with Gasteiger partial charge in [0.1, 0.15) is 0 Å². The number of nitrogens with zero attached hydrogens (tertiary/aromatic N) is 1. The van der Waals surface area contributed by atoms with Gasteiger partial charge < -0.3 is 10.0 Å². The van der Waals surface area contributed by atoms with Crippen molar-refractivity contribution in [3.05, 3.63) is 42.5 Å². The summed E-state index contributed by atoms with van der Waals surface area (Å²) in [7, 11) is 0. The van der Waals surface area contributed by atoms with Crippen molar-refractivity contribution in [3.63, 3.8) is 0 Å². The van der Waals surface area contributed by atoms with Gasteiger partial charge >= 0.3 is 0 Å². The Morgan fingerprint density at radius 1 is 1.06 bits per heavy atom. The van der Waals surface area contributed by atoms with Crippen LogP contribution in [-0.4, -0.2) is 24.3 Å². The van der Waals surface area contributed by atoms with E-state index < -0.39 is 0 Å². The fraction of sp³-hybridized carbons (Fsp3) is 0.333. The van der Waals surface area contributed by atoms with Crippen LogP contribution in [0.4, 0.5) is 5.69 Å². The van der Waals surface area contributed by atoms with E-state index in [1.54, 1.807) is 0 Å². The zero-order valence-corrected chi connectivity index (χ0v) is 9.84. The number of hydrogen-bond donors (Lipinski definition) is 1. The lowest BCUT2D eigenvalue weighted by Gasteiger charge is -2.32. The van der Waals surface area contributed by atoms with Crippen LogP contribution in [0.25, 0.3) is 10.8 Å². The number of anilines is 1. The van der Waals surface area contributed by atoms with E-state index in [2.05, 4.69) is 47.4 Å². The lowest BCUT2D eigenvalue weighted by molar-refractivity contribution is 0.154. The van der Waals surface area contributed by atoms with Gasteiger partial charge in [0.25, 0.3) is 0 Å². The predicted octanol–water partition coefficient (Wildman–Crippen LogP) is 2.80. The maximum Gasteiger partial charge on any atom is 0.0715 e. The summed E-state index contributed by atoms with van der Waals surface area (Å²) in [6, 6.07) is 14.9. The number of aliphatic hydroxyl groups excluding tert-OH is 1. The summed E-state index contributed by atoms with van der Waals surface area (Å²) in [6.45, 7) is 1.81. The molecule has 0 aliphatic carbocycles. The third-order valence-electron chi connectivity index (χ3n) is 3.49. The molecule has 0 amide bonds. The topological polar surface area (TPSA) is 23.5 Å². The quantitative estimate of drug-likeness (QED) is 0.809. The minimum Gasteiger partial charge on any atom is -0.391 e. The number of aliphatic hydroxyl groups is 1. The van der Waals surface area contributed by atoms with Gasteiger partial charge in [-0.05, 0) is 35.7 Å². The van der Waals surface area contributed by atoms with Crippen molar-refractivity contribution in [2.24, 2.45) is 0 Å². The zero-order chi connectivity index (χ0) is 11.7. The monoisotopic (exact) mass is 227 g/mol. The molecule has 1 aliphatic heterocycles. The summed E-state index contributed by atoms with van der Waals surface area (Å²) < 4.78 is 0. The van der Waals surface area contributed by atoms with Gasteiger partial charge in [-0.2, -0.15) is 0 Å². The van der Waals surface area contributed by atoms with Gasteiger partial charge in [0, 0.05) is 18.8 Å². The van der Waals surface area contributed by atoms with Crippen LogP contribution in [0.1, 0.15) is 12.8 Å². The molecule has 1 saturated heterocycles. The Kier molecular flexibility index (Phi) is 2.73. The van der Waals surface area contributed by atoms with Crippen molar-refractivity contribution in [1.82, 2.24) is 0 Å². The average Bonchev–Trinajstić information content (AvgIpc) is 2.38. The Bertz CT molecular complexity index is 523. The second kappa shape index (κ2) is 4.38. The Morgan fingerprint density at radius 2 is 1.88 bits per heavy atom. The van der Waals surface area contributed by atoms with Crippen molar-refractivity contribution in [3.8, 4) is 0 Å². The van der Waals surface area contributed by atoms with Gasteiger partial charge in [-0.3, -0.25) is 0 Å². The van der Waals surface area contributed by atoms with E-state index in [1.807, 2.05) is 0 Å². The van der Waals surface area contributed by atoms with Crippen LogP contribution in [0.5, 0.6) is 0 Å². The summed E-state index contributed by atoms with van der Waals surface area (Å²) in [6.07, 6.45) is 1.84. The number of β-amino-alcohol motifs (C(OH)–C–C–N with tert-alkyl or cyclic N) is 1. The summed E-state index contributed by atoms with van der Waals surface area (Å²) in [4.78, 5) is 2.28. The standard InChI is InChI=1S/C15H17NO/c17-15-6-3-9-16(11-15)14-8-7-12-4-1-2-5-13(12)10-14/h1-2,4-5,7-8,10,15,17H,3,6,9,11H2. The highest BCUT2D eigenvalue weighted by Gasteiger charge is 2.17. The Labute approximate surface area is 101 Å². The fourth-order valence-electron chi connectivity index (χ4n) is 2.56. The molecule has 1 N–H and O–H groups in total. The first-order chi connectivity index (χ1) is 8.33. The molecule has 0 saturated carbocycles. The fourth-order valence-corrected chi connectivity index (χ4v) is 2.56. The summed E-state index contributed by atoms with van der Waals surface area (Å²) in [5.41, 5.74) is 1.22. The average molecular weight is 227 g/mol. The largest absolute Gasteiger partial charge is 0.391 e. The highest BCUT2D eigenvalue weighted by Crippen LogP contribution is 2.24. The Morgan fingerprint density at radius 3 is 2.71 bits per heavy atom. The smallest absolute Gasteiger partial charge is 0.0715 e. The predicted molar refractivity (Wildman–Crippen MR) is 71.4 cm³/mol. The van der Waals surface area contributed by atoms with Crippen LogP contribution in [0, 0.1) is 0 Å². The molecular weight excluding hydrogens is 210 g/mol. The van der Waals surface area contributed by atoms with Crippen LogP contribution in [-0.2, 0) is 0 Å². The maximum absolute atomic E-state index is 9.71.